The quantitative estimate of drug-likeness (QED) is 0.628. The first-order valence-electron chi connectivity index (χ1n) is 12.0. The van der Waals surface area contributed by atoms with Crippen LogP contribution < -0.4 is 0 Å². The van der Waals surface area contributed by atoms with E-state index in [9.17, 15) is 4.79 Å². The number of rotatable bonds is 3. The second-order valence-corrected chi connectivity index (χ2v) is 10.1. The zero-order valence-corrected chi connectivity index (χ0v) is 20.1. The number of fused-ring (bicyclic) bond motifs is 2. The number of hydrogen-bond donors (Lipinski definition) is 0. The van der Waals surface area contributed by atoms with Crippen LogP contribution in [-0.4, -0.2) is 59.4 Å². The molecular weight excluding hydrogens is 471 g/mol. The molecular formula is C26H26ClFN4O3. The molecule has 9 heteroatoms. The van der Waals surface area contributed by atoms with E-state index in [4.69, 9.17) is 31.1 Å². The third kappa shape index (κ3) is 4.17. The van der Waals surface area contributed by atoms with Crippen LogP contribution in [0.4, 0.5) is 4.39 Å². The van der Waals surface area contributed by atoms with Crippen LogP contribution in [0.5, 0.6) is 0 Å². The largest absolute Gasteiger partial charge is 0.378 e. The monoisotopic (exact) mass is 496 g/mol. The Morgan fingerprint density at radius 1 is 1.26 bits per heavy atom. The average molecular weight is 497 g/mol. The van der Waals surface area contributed by atoms with Crippen LogP contribution in [0.3, 0.4) is 0 Å². The van der Waals surface area contributed by atoms with E-state index >= 15 is 4.39 Å². The summed E-state index contributed by atoms with van der Waals surface area (Å²) in [5.74, 6) is 0.0505. The van der Waals surface area contributed by atoms with Crippen molar-refractivity contribution in [2.75, 3.05) is 19.8 Å². The lowest BCUT2D eigenvalue weighted by Gasteiger charge is -2.37. The van der Waals surface area contributed by atoms with Gasteiger partial charge in [0, 0.05) is 47.6 Å². The molecule has 1 aromatic heterocycles. The number of aromatic nitrogens is 1. The second kappa shape index (κ2) is 9.08. The van der Waals surface area contributed by atoms with Gasteiger partial charge in [0.15, 0.2) is 5.84 Å². The zero-order chi connectivity index (χ0) is 24.1. The fraction of sp³-hybridized carbons (Fsp3) is 0.462. The number of pyridine rings is 1. The van der Waals surface area contributed by atoms with E-state index in [1.807, 2.05) is 19.1 Å². The standard InChI is InChI=1S/C26H26ClFN4O3/c1-14-8-16(4-6-29-14)23-9-15(5-7-35-23)21-11-32-25(31-22-13-34-12-19(22)26(32)33)24(30-21)18-3-2-17(27)10-20(18)28/h2-4,6,8,11,15,19-20,22-23H,5,7,9-10,12-13H2,1H3. The fourth-order valence-corrected chi connectivity index (χ4v) is 5.56. The van der Waals surface area contributed by atoms with Gasteiger partial charge in [0.1, 0.15) is 11.9 Å². The molecule has 5 aliphatic rings. The lowest BCUT2D eigenvalue weighted by molar-refractivity contribution is -0.130. The van der Waals surface area contributed by atoms with Crippen molar-refractivity contribution in [3.05, 3.63) is 64.2 Å². The summed E-state index contributed by atoms with van der Waals surface area (Å²) in [5.41, 5.74) is 3.57. The van der Waals surface area contributed by atoms with Crippen molar-refractivity contribution in [1.82, 2.24) is 9.88 Å². The molecule has 1 aromatic rings. The Morgan fingerprint density at radius 3 is 2.97 bits per heavy atom. The van der Waals surface area contributed by atoms with Gasteiger partial charge in [-0.05, 0) is 43.5 Å². The number of hydrogen-bond acceptors (Lipinski definition) is 6. The molecule has 182 valence electrons. The van der Waals surface area contributed by atoms with Crippen molar-refractivity contribution in [3.8, 4) is 0 Å². The number of allylic oxidation sites excluding steroid dienone is 4. The molecule has 0 N–H and O–H groups in total. The Bertz CT molecular complexity index is 1220. The molecule has 0 saturated carbocycles. The summed E-state index contributed by atoms with van der Waals surface area (Å²) in [6.45, 7) is 3.26. The summed E-state index contributed by atoms with van der Waals surface area (Å²) in [6, 6.07) is 3.74. The molecule has 0 aromatic carbocycles. The highest BCUT2D eigenvalue weighted by Crippen LogP contribution is 2.39. The van der Waals surface area contributed by atoms with Crippen LogP contribution >= 0.6 is 11.6 Å². The van der Waals surface area contributed by atoms with Crippen LogP contribution in [0, 0.1) is 18.8 Å². The smallest absolute Gasteiger partial charge is 0.240 e. The molecule has 0 radical (unpaired) electrons. The fourth-order valence-electron chi connectivity index (χ4n) is 5.37. The highest BCUT2D eigenvalue weighted by atomic mass is 35.5. The lowest BCUT2D eigenvalue weighted by atomic mass is 9.87. The van der Waals surface area contributed by atoms with E-state index in [0.29, 0.717) is 48.4 Å². The highest BCUT2D eigenvalue weighted by molar-refractivity contribution is 6.51. The lowest BCUT2D eigenvalue weighted by Crippen LogP contribution is -2.51. The van der Waals surface area contributed by atoms with Crippen LogP contribution in [0.1, 0.15) is 36.6 Å². The van der Waals surface area contributed by atoms with Gasteiger partial charge in [-0.25, -0.2) is 9.38 Å². The van der Waals surface area contributed by atoms with Gasteiger partial charge >= 0.3 is 0 Å². The zero-order valence-electron chi connectivity index (χ0n) is 19.4. The van der Waals surface area contributed by atoms with E-state index in [1.54, 1.807) is 29.4 Å². The first-order valence-corrected chi connectivity index (χ1v) is 12.4. The maximum atomic E-state index is 15.2. The van der Waals surface area contributed by atoms with E-state index in [2.05, 4.69) is 4.98 Å². The van der Waals surface area contributed by atoms with Crippen molar-refractivity contribution in [1.29, 1.82) is 0 Å². The predicted octanol–water partition coefficient (Wildman–Crippen LogP) is 4.20. The number of carbonyl (C=O) groups excluding carboxylic acids is 1. The van der Waals surface area contributed by atoms with Crippen molar-refractivity contribution < 1.29 is 18.7 Å². The van der Waals surface area contributed by atoms with Crippen LogP contribution in [-0.2, 0) is 14.3 Å². The average Bonchev–Trinajstić information content (AvgIpc) is 3.33. The van der Waals surface area contributed by atoms with E-state index in [1.165, 1.54) is 0 Å². The SMILES string of the molecule is Cc1cc(C2CC(C3=CN4C(=O)C5COCC5N=C4C(C4=CC=C(Cl)CC4F)=N3)CCO2)ccn1. The third-order valence-electron chi connectivity index (χ3n) is 7.26. The highest BCUT2D eigenvalue weighted by Gasteiger charge is 2.45. The molecule has 6 rings (SSSR count). The van der Waals surface area contributed by atoms with Gasteiger partial charge in [0.05, 0.1) is 37.0 Å². The van der Waals surface area contributed by atoms with E-state index in [-0.39, 0.29) is 36.3 Å². The summed E-state index contributed by atoms with van der Waals surface area (Å²) in [4.78, 5) is 29.1. The molecule has 0 spiro atoms. The Hall–Kier alpha value is -2.68. The number of aliphatic imine (C=N–C) groups is 2. The molecule has 5 atom stereocenters. The molecule has 5 heterocycles. The van der Waals surface area contributed by atoms with Crippen molar-refractivity contribution in [3.63, 3.8) is 0 Å². The van der Waals surface area contributed by atoms with Crippen molar-refractivity contribution in [2.24, 2.45) is 21.8 Å². The normalized spacial score (nSPS) is 32.7. The van der Waals surface area contributed by atoms with Crippen LogP contribution in [0.25, 0.3) is 0 Å². The van der Waals surface area contributed by atoms with Crippen molar-refractivity contribution in [2.45, 2.75) is 44.5 Å². The van der Waals surface area contributed by atoms with Gasteiger partial charge in [-0.3, -0.25) is 19.7 Å². The maximum Gasteiger partial charge on any atom is 0.240 e. The number of halogens is 2. The van der Waals surface area contributed by atoms with Gasteiger partial charge in [0.2, 0.25) is 5.91 Å². The number of nitrogens with zero attached hydrogens (tertiary/aromatic N) is 4. The topological polar surface area (TPSA) is 76.4 Å². The van der Waals surface area contributed by atoms with E-state index < -0.39 is 6.17 Å². The summed E-state index contributed by atoms with van der Waals surface area (Å²) in [6.07, 6.45) is 7.08. The summed E-state index contributed by atoms with van der Waals surface area (Å²) in [5, 5.41) is 0.455. The minimum absolute atomic E-state index is 0.0468. The second-order valence-electron chi connectivity index (χ2n) is 9.61. The minimum Gasteiger partial charge on any atom is -0.378 e. The number of alkyl halides is 1. The first kappa shape index (κ1) is 22.8. The molecule has 35 heavy (non-hydrogen) atoms. The summed E-state index contributed by atoms with van der Waals surface area (Å²) in [7, 11) is 0. The van der Waals surface area contributed by atoms with Gasteiger partial charge in [-0.1, -0.05) is 17.7 Å². The number of ether oxygens (including phenoxy) is 2. The Kier molecular flexibility index (Phi) is 5.90. The Morgan fingerprint density at radius 2 is 2.14 bits per heavy atom. The minimum atomic E-state index is -1.31. The molecule has 2 saturated heterocycles. The van der Waals surface area contributed by atoms with Gasteiger partial charge < -0.3 is 9.47 Å². The molecule has 4 aliphatic heterocycles. The molecule has 1 aliphatic carbocycles. The third-order valence-corrected chi connectivity index (χ3v) is 7.54. The first-order chi connectivity index (χ1) is 17.0. The number of aryl methyl sites for hydroxylation is 1. The van der Waals surface area contributed by atoms with Crippen LogP contribution in [0.2, 0.25) is 0 Å². The predicted molar refractivity (Wildman–Crippen MR) is 130 cm³/mol. The number of amidine groups is 1. The number of carbonyl (C=O) groups is 1. The van der Waals surface area contributed by atoms with Crippen LogP contribution in [0.15, 0.2) is 63.0 Å². The molecule has 7 nitrogen and oxygen atoms in total. The Labute approximate surface area is 208 Å². The summed E-state index contributed by atoms with van der Waals surface area (Å²) < 4.78 is 26.8. The molecule has 1 amide bonds. The molecule has 2 fully saturated rings. The Balaban J connectivity index is 1.38. The van der Waals surface area contributed by atoms with Gasteiger partial charge in [-0.2, -0.15) is 0 Å². The molecule has 5 unspecified atom stereocenters. The molecule has 0 bridgehead atoms. The van der Waals surface area contributed by atoms with Crippen molar-refractivity contribution >= 4 is 29.1 Å². The van der Waals surface area contributed by atoms with Gasteiger partial charge in [0.25, 0.3) is 0 Å². The van der Waals surface area contributed by atoms with Gasteiger partial charge in [-0.15, -0.1) is 0 Å². The number of amides is 1. The maximum absolute atomic E-state index is 15.2. The van der Waals surface area contributed by atoms with E-state index in [0.717, 1.165) is 23.4 Å². The summed E-state index contributed by atoms with van der Waals surface area (Å²) >= 11 is 6.08.